The second-order valence-corrected chi connectivity index (χ2v) is 9.83. The molecule has 1 aliphatic carbocycles. The Balaban J connectivity index is 1.62. The zero-order valence-corrected chi connectivity index (χ0v) is 19.8. The van der Waals surface area contributed by atoms with Crippen LogP contribution in [0.1, 0.15) is 77.2 Å². The molecule has 0 radical (unpaired) electrons. The molecule has 1 saturated heterocycles. The first kappa shape index (κ1) is 23.4. The van der Waals surface area contributed by atoms with Gasteiger partial charge in [0.2, 0.25) is 0 Å². The zero-order chi connectivity index (χ0) is 21.4. The summed E-state index contributed by atoms with van der Waals surface area (Å²) in [6, 6.07) is 7.11. The molecule has 170 valence electrons. The lowest BCUT2D eigenvalue weighted by Gasteiger charge is -2.49. The van der Waals surface area contributed by atoms with Crippen molar-refractivity contribution >= 4 is 0 Å². The Labute approximate surface area is 184 Å². The second kappa shape index (κ2) is 11.4. The second-order valence-electron chi connectivity index (χ2n) is 9.83. The van der Waals surface area contributed by atoms with Crippen LogP contribution in [0.5, 0.6) is 11.5 Å². The summed E-state index contributed by atoms with van der Waals surface area (Å²) < 4.78 is 11.1. The topological polar surface area (TPSA) is 33.7 Å². The number of hydrogen-bond acceptors (Lipinski definition) is 4. The van der Waals surface area contributed by atoms with E-state index < -0.39 is 0 Å². The molecular weight excluding hydrogens is 372 g/mol. The average Bonchev–Trinajstić information content (AvgIpc) is 2.72. The highest BCUT2D eigenvalue weighted by Gasteiger charge is 2.45. The Kier molecular flexibility index (Phi) is 8.88. The van der Waals surface area contributed by atoms with E-state index in [0.29, 0.717) is 12.0 Å². The van der Waals surface area contributed by atoms with Gasteiger partial charge in [-0.2, -0.15) is 0 Å². The zero-order valence-electron chi connectivity index (χ0n) is 19.8. The Hall–Kier alpha value is -1.26. The van der Waals surface area contributed by atoms with Crippen LogP contribution in [0.4, 0.5) is 0 Å². The van der Waals surface area contributed by atoms with Crippen LogP contribution in [-0.2, 0) is 5.41 Å². The molecule has 2 fully saturated rings. The number of likely N-dealkylation sites (tertiary alicyclic amines) is 1. The van der Waals surface area contributed by atoms with Crippen molar-refractivity contribution in [1.82, 2.24) is 10.2 Å². The minimum Gasteiger partial charge on any atom is -0.493 e. The van der Waals surface area contributed by atoms with Gasteiger partial charge < -0.3 is 19.7 Å². The molecule has 1 aliphatic heterocycles. The van der Waals surface area contributed by atoms with E-state index in [1.54, 1.807) is 14.2 Å². The number of benzene rings is 1. The van der Waals surface area contributed by atoms with Crippen molar-refractivity contribution in [2.75, 3.05) is 40.4 Å². The number of ether oxygens (including phenoxy) is 2. The molecule has 1 atom stereocenters. The van der Waals surface area contributed by atoms with E-state index in [2.05, 4.69) is 42.3 Å². The van der Waals surface area contributed by atoms with Crippen molar-refractivity contribution in [2.45, 2.75) is 83.1 Å². The van der Waals surface area contributed by atoms with Crippen LogP contribution in [0.25, 0.3) is 0 Å². The third-order valence-electron chi connectivity index (χ3n) is 7.32. The summed E-state index contributed by atoms with van der Waals surface area (Å²) >= 11 is 0. The maximum Gasteiger partial charge on any atom is 0.161 e. The maximum absolute atomic E-state index is 5.62. The number of nitrogens with one attached hydrogen (secondary N) is 1. The molecule has 0 spiro atoms. The Morgan fingerprint density at radius 3 is 2.30 bits per heavy atom. The molecule has 0 bridgehead atoms. The lowest BCUT2D eigenvalue weighted by molar-refractivity contribution is 0.149. The number of rotatable bonds is 12. The molecule has 1 saturated carbocycles. The molecule has 2 aliphatic rings. The first-order valence-corrected chi connectivity index (χ1v) is 12.3. The van der Waals surface area contributed by atoms with Gasteiger partial charge in [-0.3, -0.25) is 0 Å². The molecule has 4 heteroatoms. The van der Waals surface area contributed by atoms with Gasteiger partial charge in [-0.15, -0.1) is 0 Å². The number of piperidine rings is 1. The van der Waals surface area contributed by atoms with E-state index in [-0.39, 0.29) is 5.41 Å². The minimum absolute atomic E-state index is 0.233. The van der Waals surface area contributed by atoms with Crippen molar-refractivity contribution in [3.05, 3.63) is 23.8 Å². The largest absolute Gasteiger partial charge is 0.493 e. The van der Waals surface area contributed by atoms with Gasteiger partial charge in [0.05, 0.1) is 14.2 Å². The van der Waals surface area contributed by atoms with Crippen molar-refractivity contribution in [3.63, 3.8) is 0 Å². The normalized spacial score (nSPS) is 20.0. The molecule has 3 rings (SSSR count). The smallest absolute Gasteiger partial charge is 0.161 e. The standard InChI is InChI=1S/C26H44N2O2/c1-21(2)19-25(27-15-6-9-18-28-16-7-5-8-17-28)26(13-10-14-26)22-11-12-23(29-3)24(20-22)30-4/h11-12,20-21,25,27H,5-10,13-19H2,1-4H3. The summed E-state index contributed by atoms with van der Waals surface area (Å²) in [4.78, 5) is 2.66. The van der Waals surface area contributed by atoms with E-state index in [0.717, 1.165) is 18.0 Å². The molecule has 1 N–H and O–H groups in total. The summed E-state index contributed by atoms with van der Waals surface area (Å²) in [5.41, 5.74) is 1.65. The van der Waals surface area contributed by atoms with Crippen LogP contribution < -0.4 is 14.8 Å². The maximum atomic E-state index is 5.62. The van der Waals surface area contributed by atoms with Gasteiger partial charge in [0, 0.05) is 11.5 Å². The highest BCUT2D eigenvalue weighted by atomic mass is 16.5. The van der Waals surface area contributed by atoms with E-state index in [1.165, 1.54) is 83.0 Å². The van der Waals surface area contributed by atoms with Gasteiger partial charge >= 0.3 is 0 Å². The van der Waals surface area contributed by atoms with Crippen LogP contribution in [0.2, 0.25) is 0 Å². The predicted octanol–water partition coefficient (Wildman–Crippen LogP) is 5.40. The molecule has 1 heterocycles. The lowest BCUT2D eigenvalue weighted by atomic mass is 9.58. The first-order chi connectivity index (χ1) is 14.6. The summed E-state index contributed by atoms with van der Waals surface area (Å²) in [7, 11) is 3.45. The minimum atomic E-state index is 0.233. The van der Waals surface area contributed by atoms with Crippen LogP contribution in [0, 0.1) is 5.92 Å². The fourth-order valence-corrected chi connectivity index (χ4v) is 5.44. The van der Waals surface area contributed by atoms with Crippen molar-refractivity contribution in [3.8, 4) is 11.5 Å². The fourth-order valence-electron chi connectivity index (χ4n) is 5.44. The highest BCUT2D eigenvalue weighted by molar-refractivity contribution is 5.46. The van der Waals surface area contributed by atoms with E-state index in [9.17, 15) is 0 Å². The number of nitrogens with zero attached hydrogens (tertiary/aromatic N) is 1. The van der Waals surface area contributed by atoms with Crippen molar-refractivity contribution in [1.29, 1.82) is 0 Å². The molecule has 0 aromatic heterocycles. The fraction of sp³-hybridized carbons (Fsp3) is 0.769. The van der Waals surface area contributed by atoms with Crippen LogP contribution in [-0.4, -0.2) is 51.3 Å². The molecular formula is C26H44N2O2. The third kappa shape index (κ3) is 5.70. The van der Waals surface area contributed by atoms with E-state index in [1.807, 2.05) is 0 Å². The predicted molar refractivity (Wildman–Crippen MR) is 126 cm³/mol. The first-order valence-electron chi connectivity index (χ1n) is 12.3. The van der Waals surface area contributed by atoms with Gasteiger partial charge in [-0.25, -0.2) is 0 Å². The van der Waals surface area contributed by atoms with E-state index >= 15 is 0 Å². The number of methoxy groups -OCH3 is 2. The Morgan fingerprint density at radius 2 is 1.70 bits per heavy atom. The van der Waals surface area contributed by atoms with Gasteiger partial charge in [-0.05, 0) is 94.7 Å². The quantitative estimate of drug-likeness (QED) is 0.463. The molecule has 4 nitrogen and oxygen atoms in total. The molecule has 1 unspecified atom stereocenters. The molecule has 1 aromatic rings. The summed E-state index contributed by atoms with van der Waals surface area (Å²) in [5, 5.41) is 4.01. The monoisotopic (exact) mass is 416 g/mol. The molecule has 0 amide bonds. The molecule has 30 heavy (non-hydrogen) atoms. The summed E-state index contributed by atoms with van der Waals surface area (Å²) in [6.45, 7) is 9.73. The highest BCUT2D eigenvalue weighted by Crippen LogP contribution is 2.49. The van der Waals surface area contributed by atoms with E-state index in [4.69, 9.17) is 9.47 Å². The van der Waals surface area contributed by atoms with Crippen molar-refractivity contribution in [2.24, 2.45) is 5.92 Å². The third-order valence-corrected chi connectivity index (χ3v) is 7.32. The van der Waals surface area contributed by atoms with Gasteiger partial charge in [-0.1, -0.05) is 32.8 Å². The SMILES string of the molecule is COc1ccc(C2(C(CC(C)C)NCCCCN3CCCCC3)CCC2)cc1OC. The summed E-state index contributed by atoms with van der Waals surface area (Å²) in [5.74, 6) is 2.36. The van der Waals surface area contributed by atoms with Gasteiger partial charge in [0.25, 0.3) is 0 Å². The summed E-state index contributed by atoms with van der Waals surface area (Å²) in [6.07, 6.45) is 11.9. The van der Waals surface area contributed by atoms with Crippen LogP contribution in [0.15, 0.2) is 18.2 Å². The lowest BCUT2D eigenvalue weighted by Crippen LogP contribution is -2.53. The van der Waals surface area contributed by atoms with Crippen LogP contribution in [0.3, 0.4) is 0 Å². The molecule has 1 aromatic carbocycles. The number of hydrogen-bond donors (Lipinski definition) is 1. The van der Waals surface area contributed by atoms with Crippen LogP contribution >= 0.6 is 0 Å². The van der Waals surface area contributed by atoms with Crippen molar-refractivity contribution < 1.29 is 9.47 Å². The Bertz CT molecular complexity index is 636. The van der Waals surface area contributed by atoms with Gasteiger partial charge in [0.1, 0.15) is 0 Å². The number of unbranched alkanes of at least 4 members (excludes halogenated alkanes) is 1. The van der Waals surface area contributed by atoms with Gasteiger partial charge in [0.15, 0.2) is 11.5 Å². The average molecular weight is 417 g/mol. The Morgan fingerprint density at radius 1 is 0.967 bits per heavy atom.